The fourth-order valence-corrected chi connectivity index (χ4v) is 1.60. The first kappa shape index (κ1) is 15.4. The van der Waals surface area contributed by atoms with E-state index >= 15 is 0 Å². The quantitative estimate of drug-likeness (QED) is 0.834. The molecule has 5 heteroatoms. The van der Waals surface area contributed by atoms with Crippen LogP contribution in [0.25, 0.3) is 0 Å². The molecule has 0 radical (unpaired) electrons. The fourth-order valence-electron chi connectivity index (χ4n) is 1.60. The second-order valence-electron chi connectivity index (χ2n) is 5.13. The lowest BCUT2D eigenvalue weighted by atomic mass is 9.95. The lowest BCUT2D eigenvalue weighted by Gasteiger charge is -2.23. The van der Waals surface area contributed by atoms with Crippen LogP contribution < -0.4 is 10.5 Å². The number of hydrogen-bond donors (Lipinski definition) is 1. The maximum Gasteiger partial charge on any atom is 0.314 e. The van der Waals surface area contributed by atoms with Crippen molar-refractivity contribution in [1.82, 2.24) is 0 Å². The molecule has 0 bridgehead atoms. The highest BCUT2D eigenvalue weighted by atomic mass is 19.1. The Kier molecular flexibility index (Phi) is 4.89. The number of halogens is 1. The number of hydrogen-bond acceptors (Lipinski definition) is 4. The van der Waals surface area contributed by atoms with Gasteiger partial charge in [0.25, 0.3) is 0 Å². The Hall–Kier alpha value is -1.62. The highest BCUT2D eigenvalue weighted by Crippen LogP contribution is 2.27. The van der Waals surface area contributed by atoms with Crippen LogP contribution in [0.4, 0.5) is 4.39 Å². The Morgan fingerprint density at radius 1 is 1.47 bits per heavy atom. The zero-order valence-electron chi connectivity index (χ0n) is 11.7. The van der Waals surface area contributed by atoms with Crippen molar-refractivity contribution in [2.45, 2.75) is 26.8 Å². The minimum atomic E-state index is -0.780. The van der Waals surface area contributed by atoms with Gasteiger partial charge >= 0.3 is 5.97 Å². The number of esters is 1. The van der Waals surface area contributed by atoms with Gasteiger partial charge in [0.2, 0.25) is 0 Å². The molecular weight excluding hydrogens is 249 g/mol. The Balaban J connectivity index is 2.86. The van der Waals surface area contributed by atoms with Gasteiger partial charge in [-0.15, -0.1) is 0 Å². The number of benzene rings is 1. The van der Waals surface area contributed by atoms with Crippen LogP contribution in [0.5, 0.6) is 5.75 Å². The lowest BCUT2D eigenvalue weighted by molar-refractivity contribution is -0.152. The zero-order chi connectivity index (χ0) is 14.6. The van der Waals surface area contributed by atoms with E-state index in [9.17, 15) is 9.18 Å². The van der Waals surface area contributed by atoms with Crippen LogP contribution in [0.1, 0.15) is 32.4 Å². The molecule has 0 aliphatic carbocycles. The van der Waals surface area contributed by atoms with Crippen molar-refractivity contribution in [2.24, 2.45) is 11.1 Å². The van der Waals surface area contributed by atoms with E-state index in [0.29, 0.717) is 11.3 Å². The van der Waals surface area contributed by atoms with Gasteiger partial charge < -0.3 is 15.2 Å². The molecule has 0 saturated heterocycles. The summed E-state index contributed by atoms with van der Waals surface area (Å²) in [5.74, 6) is -0.253. The number of rotatable bonds is 5. The maximum absolute atomic E-state index is 13.2. The molecule has 0 aliphatic heterocycles. The van der Waals surface area contributed by atoms with Crippen molar-refractivity contribution in [3.8, 4) is 5.75 Å². The summed E-state index contributed by atoms with van der Waals surface area (Å²) in [6.45, 7) is 5.31. The van der Waals surface area contributed by atoms with Gasteiger partial charge in [0.05, 0.1) is 12.5 Å². The van der Waals surface area contributed by atoms with Crippen molar-refractivity contribution in [3.05, 3.63) is 29.6 Å². The van der Waals surface area contributed by atoms with E-state index in [1.165, 1.54) is 25.3 Å². The number of methoxy groups -OCH3 is 1. The number of carbonyl (C=O) groups excluding carboxylic acids is 1. The molecule has 19 heavy (non-hydrogen) atoms. The van der Waals surface area contributed by atoms with E-state index in [-0.39, 0.29) is 24.4 Å². The molecule has 4 nitrogen and oxygen atoms in total. The molecule has 0 heterocycles. The van der Waals surface area contributed by atoms with Crippen LogP contribution in [0.3, 0.4) is 0 Å². The first-order chi connectivity index (χ1) is 8.77. The molecule has 0 unspecified atom stereocenters. The molecule has 106 valence electrons. The lowest BCUT2D eigenvalue weighted by Crippen LogP contribution is -2.32. The Bertz CT molecular complexity index is 458. The minimum absolute atomic E-state index is 0.130. The van der Waals surface area contributed by atoms with Gasteiger partial charge in [-0.25, -0.2) is 4.39 Å². The van der Waals surface area contributed by atoms with Crippen LogP contribution in [0.15, 0.2) is 18.2 Å². The first-order valence-corrected chi connectivity index (χ1v) is 6.04. The first-order valence-electron chi connectivity index (χ1n) is 6.04. The minimum Gasteiger partial charge on any atom is -0.492 e. The van der Waals surface area contributed by atoms with Gasteiger partial charge in [-0.1, -0.05) is 0 Å². The van der Waals surface area contributed by atoms with Crippen molar-refractivity contribution in [3.63, 3.8) is 0 Å². The SMILES string of the molecule is COC(=O)C(C)(C)COc1ccc(F)cc1[C@@H](C)N. The van der Waals surface area contributed by atoms with Gasteiger partial charge in [0.1, 0.15) is 18.2 Å². The monoisotopic (exact) mass is 269 g/mol. The van der Waals surface area contributed by atoms with Gasteiger partial charge in [0.15, 0.2) is 0 Å². The summed E-state index contributed by atoms with van der Waals surface area (Å²) in [6.07, 6.45) is 0. The van der Waals surface area contributed by atoms with Gasteiger partial charge in [-0.3, -0.25) is 4.79 Å². The third-order valence-electron chi connectivity index (χ3n) is 2.79. The second kappa shape index (κ2) is 6.02. The van der Waals surface area contributed by atoms with Crippen LogP contribution in [0, 0.1) is 11.2 Å². The highest BCUT2D eigenvalue weighted by molar-refractivity contribution is 5.75. The zero-order valence-corrected chi connectivity index (χ0v) is 11.7. The van der Waals surface area contributed by atoms with Crippen molar-refractivity contribution in [1.29, 1.82) is 0 Å². The Morgan fingerprint density at radius 3 is 2.63 bits per heavy atom. The predicted octanol–water partition coefficient (Wildman–Crippen LogP) is 2.42. The molecule has 0 saturated carbocycles. The van der Waals surface area contributed by atoms with Gasteiger partial charge in [-0.05, 0) is 39.0 Å². The van der Waals surface area contributed by atoms with Crippen LogP contribution in [-0.2, 0) is 9.53 Å². The van der Waals surface area contributed by atoms with Gasteiger partial charge in [-0.2, -0.15) is 0 Å². The second-order valence-corrected chi connectivity index (χ2v) is 5.13. The summed E-state index contributed by atoms with van der Waals surface area (Å²) in [7, 11) is 1.33. The fraction of sp³-hybridized carbons (Fsp3) is 0.500. The molecule has 2 N–H and O–H groups in total. The highest BCUT2D eigenvalue weighted by Gasteiger charge is 2.30. The molecular formula is C14H20FNO3. The smallest absolute Gasteiger partial charge is 0.314 e. The third-order valence-corrected chi connectivity index (χ3v) is 2.79. The van der Waals surface area contributed by atoms with E-state index in [0.717, 1.165) is 0 Å². The summed E-state index contributed by atoms with van der Waals surface area (Å²) >= 11 is 0. The van der Waals surface area contributed by atoms with Crippen LogP contribution in [0.2, 0.25) is 0 Å². The van der Waals surface area contributed by atoms with Crippen LogP contribution in [-0.4, -0.2) is 19.7 Å². The molecule has 0 aliphatic rings. The van der Waals surface area contributed by atoms with Crippen molar-refractivity contribution < 1.29 is 18.7 Å². The molecule has 0 spiro atoms. The summed E-state index contributed by atoms with van der Waals surface area (Å²) in [6, 6.07) is 3.80. The van der Waals surface area contributed by atoms with Gasteiger partial charge in [0, 0.05) is 11.6 Å². The average molecular weight is 269 g/mol. The standard InChI is InChI=1S/C14H20FNO3/c1-9(16)11-7-10(15)5-6-12(11)19-8-14(2,3)13(17)18-4/h5-7,9H,8,16H2,1-4H3/t9-/m1/s1. The van der Waals surface area contributed by atoms with Crippen molar-refractivity contribution in [2.75, 3.05) is 13.7 Å². The van der Waals surface area contributed by atoms with E-state index in [2.05, 4.69) is 0 Å². The van der Waals surface area contributed by atoms with E-state index in [1.807, 2.05) is 0 Å². The largest absolute Gasteiger partial charge is 0.492 e. The molecule has 0 amide bonds. The average Bonchev–Trinajstić information content (AvgIpc) is 2.36. The molecule has 0 aromatic heterocycles. The number of ether oxygens (including phenoxy) is 2. The topological polar surface area (TPSA) is 61.5 Å². The molecule has 1 aromatic carbocycles. The predicted molar refractivity (Wildman–Crippen MR) is 70.3 cm³/mol. The van der Waals surface area contributed by atoms with Crippen molar-refractivity contribution >= 4 is 5.97 Å². The van der Waals surface area contributed by atoms with E-state index in [1.54, 1.807) is 20.8 Å². The third kappa shape index (κ3) is 3.92. The number of nitrogens with two attached hydrogens (primary N) is 1. The number of carbonyl (C=O) groups is 1. The summed E-state index contributed by atoms with van der Waals surface area (Å²) in [4.78, 5) is 11.5. The summed E-state index contributed by atoms with van der Waals surface area (Å²) < 4.78 is 23.5. The summed E-state index contributed by atoms with van der Waals surface area (Å²) in [5, 5.41) is 0. The molecule has 1 rings (SSSR count). The summed E-state index contributed by atoms with van der Waals surface area (Å²) in [5.41, 5.74) is 5.56. The Morgan fingerprint density at radius 2 is 2.11 bits per heavy atom. The molecule has 1 atom stereocenters. The molecule has 1 aromatic rings. The van der Waals surface area contributed by atoms with Crippen LogP contribution >= 0.6 is 0 Å². The van der Waals surface area contributed by atoms with E-state index < -0.39 is 5.41 Å². The maximum atomic E-state index is 13.2. The van der Waals surface area contributed by atoms with E-state index in [4.69, 9.17) is 15.2 Å². The normalized spacial score (nSPS) is 12.9. The molecule has 0 fully saturated rings. The Labute approximate surface area is 112 Å².